The molecule has 1 aliphatic heterocycles. The first-order valence-corrected chi connectivity index (χ1v) is 9.37. The third-order valence-electron chi connectivity index (χ3n) is 5.20. The molecule has 1 heterocycles. The number of benzene rings is 2. The number of carboxylic acid groups (broad SMARTS) is 1. The number of rotatable bonds is 7. The van der Waals surface area contributed by atoms with Gasteiger partial charge in [-0.25, -0.2) is 4.79 Å². The van der Waals surface area contributed by atoms with E-state index in [1.807, 2.05) is 23.1 Å². The van der Waals surface area contributed by atoms with Crippen molar-refractivity contribution in [1.29, 1.82) is 0 Å². The van der Waals surface area contributed by atoms with Gasteiger partial charge in [0.2, 0.25) is 5.91 Å². The van der Waals surface area contributed by atoms with Crippen LogP contribution in [0.15, 0.2) is 42.5 Å². The molecule has 0 radical (unpaired) electrons. The molecule has 28 heavy (non-hydrogen) atoms. The molecule has 3 rings (SSSR count). The number of carbonyl (C=O) groups excluding carboxylic acids is 1. The van der Waals surface area contributed by atoms with E-state index in [2.05, 4.69) is 0 Å². The molecule has 6 nitrogen and oxygen atoms in total. The summed E-state index contributed by atoms with van der Waals surface area (Å²) < 4.78 is 10.8. The normalized spacial score (nSPS) is 16.1. The number of ether oxygens (including phenoxy) is 2. The van der Waals surface area contributed by atoms with Gasteiger partial charge in [-0.2, -0.15) is 0 Å². The summed E-state index contributed by atoms with van der Waals surface area (Å²) in [5.41, 5.74) is 2.21. The maximum Gasteiger partial charge on any atom is 0.335 e. The van der Waals surface area contributed by atoms with Crippen molar-refractivity contribution in [3.8, 4) is 11.5 Å². The lowest BCUT2D eigenvalue weighted by atomic mass is 10.0. The Morgan fingerprint density at radius 2 is 1.86 bits per heavy atom. The molecule has 0 aromatic heterocycles. The summed E-state index contributed by atoms with van der Waals surface area (Å²) in [5.74, 6) is 0.605. The van der Waals surface area contributed by atoms with Gasteiger partial charge in [-0.1, -0.05) is 12.1 Å². The van der Waals surface area contributed by atoms with Crippen molar-refractivity contribution >= 4 is 11.9 Å². The maximum atomic E-state index is 12.9. The van der Waals surface area contributed by atoms with Crippen LogP contribution in [0.3, 0.4) is 0 Å². The SMILES string of the molecule is COc1ccc(C2CCCN2C(=O)CCc2ccc(C(=O)O)cc2)c(OC)c1. The Balaban J connectivity index is 1.68. The van der Waals surface area contributed by atoms with Crippen molar-refractivity contribution < 1.29 is 24.2 Å². The molecule has 6 heteroatoms. The van der Waals surface area contributed by atoms with Gasteiger partial charge in [-0.15, -0.1) is 0 Å². The molecule has 1 unspecified atom stereocenters. The number of carbonyl (C=O) groups is 2. The van der Waals surface area contributed by atoms with Crippen molar-refractivity contribution in [2.45, 2.75) is 31.7 Å². The number of amides is 1. The minimum Gasteiger partial charge on any atom is -0.497 e. The first kappa shape index (κ1) is 19.7. The van der Waals surface area contributed by atoms with E-state index in [4.69, 9.17) is 14.6 Å². The Hall–Kier alpha value is -3.02. The van der Waals surface area contributed by atoms with Crippen LogP contribution in [0.2, 0.25) is 0 Å². The average molecular weight is 383 g/mol. The molecule has 0 spiro atoms. The lowest BCUT2D eigenvalue weighted by Gasteiger charge is -2.26. The highest BCUT2D eigenvalue weighted by atomic mass is 16.5. The highest BCUT2D eigenvalue weighted by molar-refractivity contribution is 5.87. The van der Waals surface area contributed by atoms with Gasteiger partial charge in [0.25, 0.3) is 0 Å². The minimum atomic E-state index is -0.948. The number of carboxylic acids is 1. The van der Waals surface area contributed by atoms with Crippen LogP contribution in [0, 0.1) is 0 Å². The standard InChI is InChI=1S/C22H25NO5/c1-27-17-10-11-18(20(14-17)28-2)19-4-3-13-23(19)21(24)12-7-15-5-8-16(9-6-15)22(25)26/h5-6,8-11,14,19H,3-4,7,12-13H2,1-2H3,(H,25,26). The fraction of sp³-hybridized carbons (Fsp3) is 0.364. The lowest BCUT2D eigenvalue weighted by Crippen LogP contribution is -2.30. The molecular formula is C22H25NO5. The van der Waals surface area contributed by atoms with Crippen LogP contribution in [0.5, 0.6) is 11.5 Å². The topological polar surface area (TPSA) is 76.1 Å². The van der Waals surface area contributed by atoms with E-state index in [0.29, 0.717) is 12.8 Å². The second kappa shape index (κ2) is 8.78. The molecule has 1 saturated heterocycles. The van der Waals surface area contributed by atoms with E-state index in [9.17, 15) is 9.59 Å². The number of likely N-dealkylation sites (tertiary alicyclic amines) is 1. The molecule has 1 N–H and O–H groups in total. The van der Waals surface area contributed by atoms with Gasteiger partial charge >= 0.3 is 5.97 Å². The van der Waals surface area contributed by atoms with Gasteiger partial charge < -0.3 is 19.5 Å². The van der Waals surface area contributed by atoms with Crippen molar-refractivity contribution in [1.82, 2.24) is 4.90 Å². The van der Waals surface area contributed by atoms with Crippen LogP contribution < -0.4 is 9.47 Å². The molecule has 1 amide bonds. The molecule has 1 aliphatic rings. The smallest absolute Gasteiger partial charge is 0.335 e. The van der Waals surface area contributed by atoms with E-state index in [1.165, 1.54) is 0 Å². The first-order chi connectivity index (χ1) is 13.5. The molecule has 2 aromatic rings. The third-order valence-corrected chi connectivity index (χ3v) is 5.20. The summed E-state index contributed by atoms with van der Waals surface area (Å²) in [6.45, 7) is 0.733. The molecule has 0 bridgehead atoms. The van der Waals surface area contributed by atoms with Gasteiger partial charge in [0.1, 0.15) is 11.5 Å². The highest BCUT2D eigenvalue weighted by Gasteiger charge is 2.31. The predicted octanol–water partition coefficient (Wildman–Crippen LogP) is 3.70. The number of hydrogen-bond donors (Lipinski definition) is 1. The van der Waals surface area contributed by atoms with Crippen molar-refractivity contribution in [2.24, 2.45) is 0 Å². The van der Waals surface area contributed by atoms with Crippen LogP contribution in [0.4, 0.5) is 0 Å². The monoisotopic (exact) mass is 383 g/mol. The second-order valence-corrected chi connectivity index (χ2v) is 6.86. The van der Waals surface area contributed by atoms with Gasteiger partial charge in [0.05, 0.1) is 25.8 Å². The molecule has 148 valence electrons. The van der Waals surface area contributed by atoms with Crippen LogP contribution in [0.25, 0.3) is 0 Å². The number of nitrogens with zero attached hydrogens (tertiary/aromatic N) is 1. The summed E-state index contributed by atoms with van der Waals surface area (Å²) in [5, 5.41) is 8.97. The Labute approximate surface area is 164 Å². The molecule has 0 saturated carbocycles. The number of methoxy groups -OCH3 is 2. The Bertz CT molecular complexity index is 847. The number of hydrogen-bond acceptors (Lipinski definition) is 4. The van der Waals surface area contributed by atoms with Crippen molar-refractivity contribution in [3.05, 3.63) is 59.2 Å². The summed E-state index contributed by atoms with van der Waals surface area (Å²) in [4.78, 5) is 25.7. The summed E-state index contributed by atoms with van der Waals surface area (Å²) in [6.07, 6.45) is 2.84. The van der Waals surface area contributed by atoms with Crippen LogP contribution >= 0.6 is 0 Å². The van der Waals surface area contributed by atoms with Crippen LogP contribution in [-0.2, 0) is 11.2 Å². The van der Waals surface area contributed by atoms with E-state index in [-0.39, 0.29) is 17.5 Å². The Morgan fingerprint density at radius 1 is 1.11 bits per heavy atom. The van der Waals surface area contributed by atoms with Gasteiger partial charge in [-0.3, -0.25) is 4.79 Å². The van der Waals surface area contributed by atoms with Crippen molar-refractivity contribution in [2.75, 3.05) is 20.8 Å². The van der Waals surface area contributed by atoms with Gasteiger partial charge in [0, 0.05) is 24.6 Å². The Morgan fingerprint density at radius 3 is 2.50 bits per heavy atom. The maximum absolute atomic E-state index is 12.9. The minimum absolute atomic E-state index is 0.00254. The quantitative estimate of drug-likeness (QED) is 0.789. The number of aromatic carboxylic acids is 1. The fourth-order valence-electron chi connectivity index (χ4n) is 3.69. The molecular weight excluding hydrogens is 358 g/mol. The zero-order valence-corrected chi connectivity index (χ0v) is 16.2. The molecule has 2 aromatic carbocycles. The fourth-order valence-corrected chi connectivity index (χ4v) is 3.69. The number of aryl methyl sites for hydroxylation is 1. The molecule has 1 fully saturated rings. The molecule has 1 atom stereocenters. The van der Waals surface area contributed by atoms with Crippen LogP contribution in [-0.4, -0.2) is 42.6 Å². The van der Waals surface area contributed by atoms with E-state index >= 15 is 0 Å². The Kier molecular flexibility index (Phi) is 6.19. The predicted molar refractivity (Wildman–Crippen MR) is 105 cm³/mol. The summed E-state index contributed by atoms with van der Waals surface area (Å²) in [6, 6.07) is 12.4. The third kappa shape index (κ3) is 4.27. The van der Waals surface area contributed by atoms with E-state index < -0.39 is 5.97 Å². The average Bonchev–Trinajstić information content (AvgIpc) is 3.21. The van der Waals surface area contributed by atoms with E-state index in [1.54, 1.807) is 38.5 Å². The second-order valence-electron chi connectivity index (χ2n) is 6.86. The highest BCUT2D eigenvalue weighted by Crippen LogP contribution is 2.39. The van der Waals surface area contributed by atoms with E-state index in [0.717, 1.165) is 42.0 Å². The summed E-state index contributed by atoms with van der Waals surface area (Å²) >= 11 is 0. The largest absolute Gasteiger partial charge is 0.497 e. The van der Waals surface area contributed by atoms with Crippen molar-refractivity contribution in [3.63, 3.8) is 0 Å². The zero-order valence-electron chi connectivity index (χ0n) is 16.2. The van der Waals surface area contributed by atoms with Crippen LogP contribution in [0.1, 0.15) is 46.8 Å². The zero-order chi connectivity index (χ0) is 20.1. The van der Waals surface area contributed by atoms with Gasteiger partial charge in [0.15, 0.2) is 0 Å². The molecule has 0 aliphatic carbocycles. The lowest BCUT2D eigenvalue weighted by molar-refractivity contribution is -0.132. The first-order valence-electron chi connectivity index (χ1n) is 9.37. The van der Waals surface area contributed by atoms with Gasteiger partial charge in [-0.05, 0) is 49.1 Å². The summed E-state index contributed by atoms with van der Waals surface area (Å²) in [7, 11) is 3.24.